The first-order chi connectivity index (χ1) is 7.50. The van der Waals surface area contributed by atoms with Gasteiger partial charge in [-0.2, -0.15) is 0 Å². The second kappa shape index (κ2) is 4.17. The number of nitrogens with two attached hydrogens (primary N) is 1. The molecule has 0 aliphatic heterocycles. The highest BCUT2D eigenvalue weighted by atomic mass is 14.7. The molecule has 0 aromatic carbocycles. The summed E-state index contributed by atoms with van der Waals surface area (Å²) in [5, 5.41) is 0. The van der Waals surface area contributed by atoms with Crippen LogP contribution in [0.3, 0.4) is 0 Å². The summed E-state index contributed by atoms with van der Waals surface area (Å²) in [6.45, 7) is 7.61. The molecule has 0 bridgehead atoms. The van der Waals surface area contributed by atoms with Crippen LogP contribution < -0.4 is 5.73 Å². The molecule has 1 atom stereocenters. The van der Waals surface area contributed by atoms with E-state index in [4.69, 9.17) is 5.73 Å². The maximum Gasteiger partial charge on any atom is 0.0435 e. The minimum Gasteiger partial charge on any atom is -0.326 e. The highest BCUT2D eigenvalue weighted by Gasteiger charge is 2.29. The molecule has 2 nitrogen and oxygen atoms in total. The predicted octanol–water partition coefficient (Wildman–Crippen LogP) is 2.69. The number of pyridine rings is 1. The summed E-state index contributed by atoms with van der Waals surface area (Å²) >= 11 is 0. The summed E-state index contributed by atoms with van der Waals surface area (Å²) in [5.74, 6) is 0.773. The van der Waals surface area contributed by atoms with E-state index < -0.39 is 0 Å². The molecule has 1 aliphatic carbocycles. The van der Waals surface area contributed by atoms with Crippen molar-refractivity contribution in [1.29, 1.82) is 0 Å². The topological polar surface area (TPSA) is 38.9 Å². The molecule has 1 aromatic heterocycles. The van der Waals surface area contributed by atoms with Crippen molar-refractivity contribution in [1.82, 2.24) is 4.98 Å². The van der Waals surface area contributed by atoms with Gasteiger partial charge in [0.05, 0.1) is 0 Å². The third kappa shape index (κ3) is 2.27. The van der Waals surface area contributed by atoms with Crippen molar-refractivity contribution in [2.75, 3.05) is 0 Å². The fourth-order valence-corrected chi connectivity index (χ4v) is 2.52. The van der Waals surface area contributed by atoms with Gasteiger partial charge in [-0.1, -0.05) is 26.8 Å². The molecule has 0 saturated heterocycles. The van der Waals surface area contributed by atoms with Crippen molar-refractivity contribution in [2.45, 2.75) is 46.6 Å². The van der Waals surface area contributed by atoms with Gasteiger partial charge in [0.25, 0.3) is 0 Å². The zero-order valence-electron chi connectivity index (χ0n) is 10.6. The van der Waals surface area contributed by atoms with E-state index in [1.54, 1.807) is 0 Å². The van der Waals surface area contributed by atoms with Crippen LogP contribution in [0.15, 0.2) is 12.3 Å². The van der Waals surface area contributed by atoms with E-state index in [0.29, 0.717) is 12.0 Å². The van der Waals surface area contributed by atoms with Gasteiger partial charge >= 0.3 is 0 Å². The van der Waals surface area contributed by atoms with E-state index in [-0.39, 0.29) is 0 Å². The number of hydrogen-bond donors (Lipinski definition) is 1. The minimum atomic E-state index is 0.399. The Morgan fingerprint density at radius 2 is 2.19 bits per heavy atom. The van der Waals surface area contributed by atoms with Crippen LogP contribution in [0.1, 0.15) is 44.0 Å². The van der Waals surface area contributed by atoms with Crippen molar-refractivity contribution in [3.05, 3.63) is 29.1 Å². The molecule has 1 unspecified atom stereocenters. The van der Waals surface area contributed by atoms with Gasteiger partial charge in [-0.05, 0) is 41.7 Å². The Bertz CT molecular complexity index is 377. The lowest BCUT2D eigenvalue weighted by Gasteiger charge is -2.34. The Balaban J connectivity index is 2.25. The molecular formula is C14H22N2. The lowest BCUT2D eigenvalue weighted by atomic mass is 9.71. The molecule has 0 fully saturated rings. The number of nitrogens with zero attached hydrogens (tertiary/aromatic N) is 1. The number of fused-ring (bicyclic) bond motifs is 1. The van der Waals surface area contributed by atoms with Crippen LogP contribution in [0.5, 0.6) is 0 Å². The van der Waals surface area contributed by atoms with E-state index >= 15 is 0 Å². The number of aryl methyl sites for hydroxylation is 1. The zero-order valence-corrected chi connectivity index (χ0v) is 10.6. The van der Waals surface area contributed by atoms with Gasteiger partial charge in [0, 0.05) is 18.4 Å². The average Bonchev–Trinajstić information content (AvgIpc) is 2.26. The normalized spacial score (nSPS) is 20.6. The number of rotatable bonds is 1. The molecule has 0 saturated carbocycles. The van der Waals surface area contributed by atoms with Crippen molar-refractivity contribution >= 4 is 0 Å². The van der Waals surface area contributed by atoms with Crippen LogP contribution in [0.4, 0.5) is 0 Å². The van der Waals surface area contributed by atoms with Gasteiger partial charge in [0.2, 0.25) is 0 Å². The maximum absolute atomic E-state index is 5.66. The first-order valence-corrected chi connectivity index (χ1v) is 6.17. The zero-order chi connectivity index (χ0) is 11.8. The van der Waals surface area contributed by atoms with Crippen LogP contribution in [-0.4, -0.2) is 4.98 Å². The summed E-state index contributed by atoms with van der Waals surface area (Å²) in [7, 11) is 0. The van der Waals surface area contributed by atoms with Gasteiger partial charge in [0.15, 0.2) is 0 Å². The van der Waals surface area contributed by atoms with E-state index in [9.17, 15) is 0 Å². The molecule has 2 N–H and O–H groups in total. The van der Waals surface area contributed by atoms with Crippen LogP contribution in [-0.2, 0) is 19.4 Å². The fraction of sp³-hybridized carbons (Fsp3) is 0.643. The van der Waals surface area contributed by atoms with Crippen LogP contribution in [0.25, 0.3) is 0 Å². The quantitative estimate of drug-likeness (QED) is 0.787. The highest BCUT2D eigenvalue weighted by Crippen LogP contribution is 2.36. The van der Waals surface area contributed by atoms with Gasteiger partial charge in [-0.15, -0.1) is 0 Å². The molecule has 1 aliphatic rings. The SMILES string of the molecule is CC(C)(C)C1CCc2ncc(CN)cc2C1. The summed E-state index contributed by atoms with van der Waals surface area (Å²) < 4.78 is 0. The highest BCUT2D eigenvalue weighted by molar-refractivity contribution is 5.28. The van der Waals surface area contributed by atoms with Gasteiger partial charge in [-0.3, -0.25) is 4.98 Å². The average molecular weight is 218 g/mol. The fourth-order valence-electron chi connectivity index (χ4n) is 2.52. The third-order valence-electron chi connectivity index (χ3n) is 3.77. The van der Waals surface area contributed by atoms with E-state index in [0.717, 1.165) is 17.9 Å². The first-order valence-electron chi connectivity index (χ1n) is 6.17. The van der Waals surface area contributed by atoms with Crippen molar-refractivity contribution in [3.8, 4) is 0 Å². The van der Waals surface area contributed by atoms with Crippen LogP contribution in [0, 0.1) is 11.3 Å². The molecule has 16 heavy (non-hydrogen) atoms. The Hall–Kier alpha value is -0.890. The van der Waals surface area contributed by atoms with Crippen molar-refractivity contribution < 1.29 is 0 Å². The monoisotopic (exact) mass is 218 g/mol. The van der Waals surface area contributed by atoms with Crippen molar-refractivity contribution in [2.24, 2.45) is 17.1 Å². The molecule has 88 valence electrons. The largest absolute Gasteiger partial charge is 0.326 e. The summed E-state index contributed by atoms with van der Waals surface area (Å²) in [6.07, 6.45) is 5.49. The maximum atomic E-state index is 5.66. The molecule has 2 heteroatoms. The molecular weight excluding hydrogens is 196 g/mol. The predicted molar refractivity (Wildman–Crippen MR) is 67.1 cm³/mol. The number of aromatic nitrogens is 1. The van der Waals surface area contributed by atoms with Crippen LogP contribution >= 0.6 is 0 Å². The minimum absolute atomic E-state index is 0.399. The molecule has 0 spiro atoms. The lowest BCUT2D eigenvalue weighted by molar-refractivity contribution is 0.215. The van der Waals surface area contributed by atoms with Gasteiger partial charge in [-0.25, -0.2) is 0 Å². The summed E-state index contributed by atoms with van der Waals surface area (Å²) in [4.78, 5) is 4.53. The Labute approximate surface area is 98.3 Å². The van der Waals surface area contributed by atoms with Gasteiger partial charge < -0.3 is 5.73 Å². The molecule has 0 amide bonds. The number of hydrogen-bond acceptors (Lipinski definition) is 2. The van der Waals surface area contributed by atoms with Gasteiger partial charge in [0.1, 0.15) is 0 Å². The Morgan fingerprint density at radius 3 is 2.81 bits per heavy atom. The second-order valence-corrected chi connectivity index (χ2v) is 5.96. The first kappa shape index (κ1) is 11.6. The van der Waals surface area contributed by atoms with Crippen molar-refractivity contribution in [3.63, 3.8) is 0 Å². The second-order valence-electron chi connectivity index (χ2n) is 5.96. The van der Waals surface area contributed by atoms with E-state index in [1.165, 1.54) is 24.1 Å². The smallest absolute Gasteiger partial charge is 0.0435 e. The Morgan fingerprint density at radius 1 is 1.44 bits per heavy atom. The molecule has 1 aromatic rings. The summed E-state index contributed by atoms with van der Waals surface area (Å²) in [5.41, 5.74) is 9.94. The Kier molecular flexibility index (Phi) is 3.02. The molecule has 1 heterocycles. The van der Waals surface area contributed by atoms with E-state index in [2.05, 4.69) is 31.8 Å². The van der Waals surface area contributed by atoms with Crippen LogP contribution in [0.2, 0.25) is 0 Å². The standard InChI is InChI=1S/C14H22N2/c1-14(2,3)12-4-5-13-11(7-12)6-10(8-15)9-16-13/h6,9,12H,4-5,7-8,15H2,1-3H3. The van der Waals surface area contributed by atoms with E-state index in [1.807, 2.05) is 6.20 Å². The molecule has 2 rings (SSSR count). The lowest BCUT2D eigenvalue weighted by Crippen LogP contribution is -2.27. The summed E-state index contributed by atoms with van der Waals surface area (Å²) in [6, 6.07) is 2.25. The molecule has 0 radical (unpaired) electrons. The third-order valence-corrected chi connectivity index (χ3v) is 3.77.